The normalized spacial score (nSPS) is 14.9. The second-order valence-electron chi connectivity index (χ2n) is 6.91. The van der Waals surface area contributed by atoms with Crippen LogP contribution in [0.2, 0.25) is 0 Å². The molecule has 0 spiro atoms. The van der Waals surface area contributed by atoms with Crippen LogP contribution in [0.15, 0.2) is 23.7 Å². The molecular formula is C20H26N4O3S. The summed E-state index contributed by atoms with van der Waals surface area (Å²) in [6, 6.07) is 3.73. The molecule has 1 fully saturated rings. The molecule has 28 heavy (non-hydrogen) atoms. The molecule has 1 aliphatic heterocycles. The Kier molecular flexibility index (Phi) is 7.11. The van der Waals surface area contributed by atoms with Gasteiger partial charge in [0.25, 0.3) is 5.91 Å². The zero-order chi connectivity index (χ0) is 19.9. The van der Waals surface area contributed by atoms with E-state index >= 15 is 0 Å². The number of ether oxygens (including phenoxy) is 1. The maximum atomic E-state index is 12.5. The Bertz CT molecular complexity index is 798. The number of nitrogens with one attached hydrogen (secondary N) is 1. The van der Waals surface area contributed by atoms with Crippen LogP contribution < -0.4 is 5.32 Å². The van der Waals surface area contributed by atoms with Crippen LogP contribution >= 0.6 is 11.3 Å². The highest BCUT2D eigenvalue weighted by Gasteiger charge is 2.25. The van der Waals surface area contributed by atoms with E-state index in [4.69, 9.17) is 4.74 Å². The van der Waals surface area contributed by atoms with E-state index in [1.165, 1.54) is 0 Å². The number of methoxy groups -OCH3 is 1. The molecule has 1 N–H and O–H groups in total. The Balaban J connectivity index is 1.49. The van der Waals surface area contributed by atoms with E-state index in [1.807, 2.05) is 29.3 Å². The molecule has 0 aromatic carbocycles. The molecule has 3 rings (SSSR count). The number of aryl methyl sites for hydroxylation is 1. The maximum Gasteiger partial charge on any atom is 0.252 e. The van der Waals surface area contributed by atoms with Crippen molar-refractivity contribution in [1.29, 1.82) is 0 Å². The molecule has 2 amide bonds. The summed E-state index contributed by atoms with van der Waals surface area (Å²) in [6.07, 6.45) is 3.77. The number of carbonyl (C=O) groups is 2. The minimum Gasteiger partial charge on any atom is -0.383 e. The average molecular weight is 403 g/mol. The number of amides is 2. The van der Waals surface area contributed by atoms with Crippen molar-refractivity contribution in [2.75, 3.05) is 33.4 Å². The SMILES string of the molecule is COCCNC(=O)c1ccc(C2CCN(C(=O)Cc3csc(C)n3)CC2)nc1. The van der Waals surface area contributed by atoms with Crippen molar-refractivity contribution >= 4 is 23.2 Å². The zero-order valence-electron chi connectivity index (χ0n) is 16.3. The van der Waals surface area contributed by atoms with Gasteiger partial charge in [0.1, 0.15) is 0 Å². The third-order valence-corrected chi connectivity index (χ3v) is 5.73. The van der Waals surface area contributed by atoms with E-state index in [-0.39, 0.29) is 11.8 Å². The molecule has 3 heterocycles. The number of likely N-dealkylation sites (tertiary alicyclic amines) is 1. The minimum absolute atomic E-state index is 0.139. The van der Waals surface area contributed by atoms with Crippen LogP contribution in [0.4, 0.5) is 0 Å². The number of thiazole rings is 1. The summed E-state index contributed by atoms with van der Waals surface area (Å²) < 4.78 is 4.92. The van der Waals surface area contributed by atoms with Gasteiger partial charge in [0, 0.05) is 49.9 Å². The molecule has 8 heteroatoms. The molecule has 0 saturated carbocycles. The first-order chi connectivity index (χ1) is 13.6. The highest BCUT2D eigenvalue weighted by Crippen LogP contribution is 2.27. The summed E-state index contributed by atoms with van der Waals surface area (Å²) in [4.78, 5) is 35.3. The van der Waals surface area contributed by atoms with Crippen LogP contribution in [-0.4, -0.2) is 60.0 Å². The van der Waals surface area contributed by atoms with Crippen LogP contribution in [0.5, 0.6) is 0 Å². The standard InChI is InChI=1S/C20H26N4O3S/c1-14-23-17(13-28-14)11-19(25)24-8-5-15(6-9-24)18-4-3-16(12-22-18)20(26)21-7-10-27-2/h3-4,12-13,15H,5-11H2,1-2H3,(H,21,26). The van der Waals surface area contributed by atoms with E-state index in [2.05, 4.69) is 15.3 Å². The number of pyridine rings is 1. The Labute approximate surface area is 169 Å². The second kappa shape index (κ2) is 9.75. The van der Waals surface area contributed by atoms with Crippen molar-refractivity contribution in [2.45, 2.75) is 32.1 Å². The first-order valence-corrected chi connectivity index (χ1v) is 10.4. The summed E-state index contributed by atoms with van der Waals surface area (Å²) in [5.74, 6) is 0.310. The largest absolute Gasteiger partial charge is 0.383 e. The molecule has 0 bridgehead atoms. The summed E-state index contributed by atoms with van der Waals surface area (Å²) in [7, 11) is 1.60. The van der Waals surface area contributed by atoms with Crippen molar-refractivity contribution in [2.24, 2.45) is 0 Å². The van der Waals surface area contributed by atoms with Crippen LogP contribution in [-0.2, 0) is 16.0 Å². The smallest absolute Gasteiger partial charge is 0.252 e. The van der Waals surface area contributed by atoms with Gasteiger partial charge in [-0.1, -0.05) is 0 Å². The van der Waals surface area contributed by atoms with E-state index in [1.54, 1.807) is 24.6 Å². The van der Waals surface area contributed by atoms with Gasteiger partial charge in [-0.05, 0) is 31.9 Å². The zero-order valence-corrected chi connectivity index (χ0v) is 17.1. The molecule has 1 saturated heterocycles. The molecule has 2 aromatic rings. The van der Waals surface area contributed by atoms with Crippen molar-refractivity contribution < 1.29 is 14.3 Å². The lowest BCUT2D eigenvalue weighted by Crippen LogP contribution is -2.39. The second-order valence-corrected chi connectivity index (χ2v) is 7.97. The van der Waals surface area contributed by atoms with Crippen molar-refractivity contribution in [3.05, 3.63) is 45.7 Å². The van der Waals surface area contributed by atoms with Crippen molar-refractivity contribution in [3.8, 4) is 0 Å². The Morgan fingerprint density at radius 3 is 2.71 bits per heavy atom. The third-order valence-electron chi connectivity index (χ3n) is 4.91. The van der Waals surface area contributed by atoms with Gasteiger partial charge in [-0.2, -0.15) is 0 Å². The maximum absolute atomic E-state index is 12.5. The predicted octanol–water partition coefficient (Wildman–Crippen LogP) is 2.17. The highest BCUT2D eigenvalue weighted by atomic mass is 32.1. The van der Waals surface area contributed by atoms with Gasteiger partial charge in [0.15, 0.2) is 0 Å². The molecule has 150 valence electrons. The number of hydrogen-bond donors (Lipinski definition) is 1. The van der Waals surface area contributed by atoms with Gasteiger partial charge in [-0.3, -0.25) is 14.6 Å². The monoisotopic (exact) mass is 402 g/mol. The molecule has 0 atom stereocenters. The minimum atomic E-state index is -0.145. The fourth-order valence-electron chi connectivity index (χ4n) is 3.33. The first kappa shape index (κ1) is 20.4. The van der Waals surface area contributed by atoms with Crippen LogP contribution in [0, 0.1) is 6.92 Å². The van der Waals surface area contributed by atoms with E-state index in [0.29, 0.717) is 31.1 Å². The van der Waals surface area contributed by atoms with Crippen LogP contribution in [0.3, 0.4) is 0 Å². The number of rotatable bonds is 7. The van der Waals surface area contributed by atoms with E-state index in [0.717, 1.165) is 42.3 Å². The van der Waals surface area contributed by atoms with Crippen LogP contribution in [0.25, 0.3) is 0 Å². The van der Waals surface area contributed by atoms with Gasteiger partial charge >= 0.3 is 0 Å². The van der Waals surface area contributed by atoms with E-state index in [9.17, 15) is 9.59 Å². The first-order valence-electron chi connectivity index (χ1n) is 9.48. The van der Waals surface area contributed by atoms with Gasteiger partial charge in [-0.25, -0.2) is 4.98 Å². The van der Waals surface area contributed by atoms with E-state index < -0.39 is 0 Å². The third kappa shape index (κ3) is 5.36. The molecule has 0 radical (unpaired) electrons. The Hall–Kier alpha value is -2.32. The summed E-state index contributed by atoms with van der Waals surface area (Å²) in [5.41, 5.74) is 2.39. The lowest BCUT2D eigenvalue weighted by atomic mass is 9.92. The summed E-state index contributed by atoms with van der Waals surface area (Å²) in [6.45, 7) is 4.37. The highest BCUT2D eigenvalue weighted by molar-refractivity contribution is 7.09. The molecule has 7 nitrogen and oxygen atoms in total. The predicted molar refractivity (Wildman–Crippen MR) is 108 cm³/mol. The van der Waals surface area contributed by atoms with Crippen molar-refractivity contribution in [1.82, 2.24) is 20.2 Å². The lowest BCUT2D eigenvalue weighted by Gasteiger charge is -2.31. The van der Waals surface area contributed by atoms with Gasteiger partial charge in [0.05, 0.1) is 29.3 Å². The molecule has 0 aliphatic carbocycles. The number of hydrogen-bond acceptors (Lipinski definition) is 6. The quantitative estimate of drug-likeness (QED) is 0.718. The Morgan fingerprint density at radius 2 is 2.11 bits per heavy atom. The van der Waals surface area contributed by atoms with Crippen molar-refractivity contribution in [3.63, 3.8) is 0 Å². The number of carbonyl (C=O) groups excluding carboxylic acids is 2. The molecule has 1 aliphatic rings. The fraction of sp³-hybridized carbons (Fsp3) is 0.500. The fourth-order valence-corrected chi connectivity index (χ4v) is 3.94. The lowest BCUT2D eigenvalue weighted by molar-refractivity contribution is -0.131. The number of piperidine rings is 1. The molecule has 2 aromatic heterocycles. The molecular weight excluding hydrogens is 376 g/mol. The van der Waals surface area contributed by atoms with Gasteiger partial charge in [-0.15, -0.1) is 11.3 Å². The molecule has 0 unspecified atom stereocenters. The Morgan fingerprint density at radius 1 is 1.32 bits per heavy atom. The van der Waals surface area contributed by atoms with Gasteiger partial charge in [0.2, 0.25) is 5.91 Å². The number of aromatic nitrogens is 2. The topological polar surface area (TPSA) is 84.4 Å². The van der Waals surface area contributed by atoms with Gasteiger partial charge < -0.3 is 15.0 Å². The summed E-state index contributed by atoms with van der Waals surface area (Å²) in [5, 5.41) is 5.73. The van der Waals surface area contributed by atoms with Crippen LogP contribution in [0.1, 0.15) is 45.5 Å². The number of nitrogens with zero attached hydrogens (tertiary/aromatic N) is 3. The summed E-state index contributed by atoms with van der Waals surface area (Å²) >= 11 is 1.57. The average Bonchev–Trinajstić information content (AvgIpc) is 3.13.